The summed E-state index contributed by atoms with van der Waals surface area (Å²) in [6.07, 6.45) is 0.690. The van der Waals surface area contributed by atoms with Gasteiger partial charge in [-0.25, -0.2) is 8.42 Å². The Morgan fingerprint density at radius 3 is 2.78 bits per heavy atom. The van der Waals surface area contributed by atoms with Gasteiger partial charge >= 0.3 is 0 Å². The van der Waals surface area contributed by atoms with E-state index in [1.54, 1.807) is 0 Å². The predicted molar refractivity (Wildman–Crippen MR) is 77.5 cm³/mol. The summed E-state index contributed by atoms with van der Waals surface area (Å²) >= 11 is 3.48. The minimum absolute atomic E-state index is 0.0506. The predicted octanol–water partition coefficient (Wildman–Crippen LogP) is 1.53. The largest absolute Gasteiger partial charge is 0.370 e. The van der Waals surface area contributed by atoms with E-state index in [2.05, 4.69) is 15.9 Å². The molecule has 1 aliphatic rings. The van der Waals surface area contributed by atoms with Crippen LogP contribution in [0.25, 0.3) is 0 Å². The molecule has 0 amide bonds. The number of anilines is 1. The number of sulfone groups is 1. The zero-order valence-electron chi connectivity index (χ0n) is 10.3. The van der Waals surface area contributed by atoms with Crippen LogP contribution in [0.15, 0.2) is 22.7 Å². The number of nitrogens with two attached hydrogens (primary N) is 1. The van der Waals surface area contributed by atoms with E-state index in [1.165, 1.54) is 0 Å². The average molecular weight is 333 g/mol. The van der Waals surface area contributed by atoms with Crippen molar-refractivity contribution in [1.29, 1.82) is 0 Å². The van der Waals surface area contributed by atoms with E-state index in [4.69, 9.17) is 5.73 Å². The van der Waals surface area contributed by atoms with Crippen molar-refractivity contribution >= 4 is 31.5 Å². The fourth-order valence-corrected chi connectivity index (χ4v) is 4.65. The SMILES string of the molecule is CN(c1cccc(Br)c1CN)C1CCS(=O)(=O)C1. The lowest BCUT2D eigenvalue weighted by Crippen LogP contribution is -2.33. The smallest absolute Gasteiger partial charge is 0.152 e. The van der Waals surface area contributed by atoms with Crippen molar-refractivity contribution in [3.05, 3.63) is 28.2 Å². The molecular formula is C12H17BrN2O2S. The Labute approximate surface area is 116 Å². The van der Waals surface area contributed by atoms with Gasteiger partial charge in [-0.2, -0.15) is 0 Å². The number of benzene rings is 1. The van der Waals surface area contributed by atoms with Crippen LogP contribution in [0, 0.1) is 0 Å². The van der Waals surface area contributed by atoms with E-state index in [0.29, 0.717) is 13.0 Å². The van der Waals surface area contributed by atoms with Gasteiger partial charge in [-0.1, -0.05) is 22.0 Å². The fourth-order valence-electron chi connectivity index (χ4n) is 2.36. The van der Waals surface area contributed by atoms with Crippen molar-refractivity contribution in [2.45, 2.75) is 19.0 Å². The molecule has 1 atom stereocenters. The number of rotatable bonds is 3. The molecule has 1 aromatic rings. The fraction of sp³-hybridized carbons (Fsp3) is 0.500. The standard InChI is InChI=1S/C12H17BrN2O2S/c1-15(9-5-6-18(16,17)8-9)12-4-2-3-11(13)10(12)7-14/h2-4,9H,5-8,14H2,1H3. The average Bonchev–Trinajstić information content (AvgIpc) is 2.68. The Balaban J connectivity index is 2.29. The van der Waals surface area contributed by atoms with Gasteiger partial charge in [0.15, 0.2) is 9.84 Å². The molecule has 0 radical (unpaired) electrons. The molecule has 0 spiro atoms. The molecule has 0 saturated carbocycles. The van der Waals surface area contributed by atoms with Gasteiger partial charge < -0.3 is 10.6 Å². The van der Waals surface area contributed by atoms with Crippen LogP contribution in [0.1, 0.15) is 12.0 Å². The number of hydrogen-bond donors (Lipinski definition) is 1. The summed E-state index contributed by atoms with van der Waals surface area (Å²) in [6.45, 7) is 0.431. The molecule has 0 aromatic heterocycles. The van der Waals surface area contributed by atoms with Gasteiger partial charge in [0.1, 0.15) is 0 Å². The Morgan fingerprint density at radius 1 is 1.50 bits per heavy atom. The van der Waals surface area contributed by atoms with Crippen LogP contribution < -0.4 is 10.6 Å². The highest BCUT2D eigenvalue weighted by atomic mass is 79.9. The van der Waals surface area contributed by atoms with Gasteiger partial charge in [0.25, 0.3) is 0 Å². The van der Waals surface area contributed by atoms with Crippen molar-refractivity contribution in [3.8, 4) is 0 Å². The van der Waals surface area contributed by atoms with Crippen LogP contribution in [-0.4, -0.2) is 33.0 Å². The minimum Gasteiger partial charge on any atom is -0.370 e. The summed E-state index contributed by atoms with van der Waals surface area (Å²) in [6, 6.07) is 5.93. The number of halogens is 1. The summed E-state index contributed by atoms with van der Waals surface area (Å²) in [5, 5.41) is 0. The maximum atomic E-state index is 11.5. The molecule has 1 heterocycles. The molecule has 0 bridgehead atoms. The normalized spacial score (nSPS) is 22.1. The third-order valence-electron chi connectivity index (χ3n) is 3.43. The van der Waals surface area contributed by atoms with Crippen LogP contribution in [0.4, 0.5) is 5.69 Å². The molecule has 1 unspecified atom stereocenters. The lowest BCUT2D eigenvalue weighted by molar-refractivity contribution is 0.601. The molecule has 2 rings (SSSR count). The maximum absolute atomic E-state index is 11.5. The van der Waals surface area contributed by atoms with Gasteiger partial charge in [-0.15, -0.1) is 0 Å². The summed E-state index contributed by atoms with van der Waals surface area (Å²) < 4.78 is 24.0. The topological polar surface area (TPSA) is 63.4 Å². The molecule has 6 heteroatoms. The monoisotopic (exact) mass is 332 g/mol. The highest BCUT2D eigenvalue weighted by Crippen LogP contribution is 2.30. The van der Waals surface area contributed by atoms with E-state index in [-0.39, 0.29) is 17.5 Å². The van der Waals surface area contributed by atoms with Crippen LogP contribution >= 0.6 is 15.9 Å². The molecular weight excluding hydrogens is 316 g/mol. The molecule has 0 aliphatic carbocycles. The third kappa shape index (κ3) is 2.70. The van der Waals surface area contributed by atoms with Crippen molar-refractivity contribution in [1.82, 2.24) is 0 Å². The van der Waals surface area contributed by atoms with E-state index in [0.717, 1.165) is 15.7 Å². The first-order valence-corrected chi connectivity index (χ1v) is 8.47. The Kier molecular flexibility index (Phi) is 3.99. The summed E-state index contributed by atoms with van der Waals surface area (Å²) in [5.74, 6) is 0.522. The second-order valence-corrected chi connectivity index (χ2v) is 7.69. The highest BCUT2D eigenvalue weighted by Gasteiger charge is 2.31. The maximum Gasteiger partial charge on any atom is 0.152 e. The molecule has 1 aromatic carbocycles. The van der Waals surface area contributed by atoms with Crippen molar-refractivity contribution in [2.24, 2.45) is 5.73 Å². The zero-order valence-corrected chi connectivity index (χ0v) is 12.7. The van der Waals surface area contributed by atoms with Crippen LogP contribution in [0.2, 0.25) is 0 Å². The van der Waals surface area contributed by atoms with Gasteiger partial charge in [-0.3, -0.25) is 0 Å². The Bertz CT molecular complexity index is 545. The first-order valence-electron chi connectivity index (χ1n) is 5.85. The second kappa shape index (κ2) is 5.19. The third-order valence-corrected chi connectivity index (χ3v) is 5.93. The van der Waals surface area contributed by atoms with Crippen LogP contribution in [0.3, 0.4) is 0 Å². The Morgan fingerprint density at radius 2 is 2.22 bits per heavy atom. The molecule has 100 valence electrons. The van der Waals surface area contributed by atoms with Crippen molar-refractivity contribution in [2.75, 3.05) is 23.5 Å². The van der Waals surface area contributed by atoms with E-state index in [9.17, 15) is 8.42 Å². The quantitative estimate of drug-likeness (QED) is 0.911. The minimum atomic E-state index is -2.86. The number of nitrogens with zero attached hydrogens (tertiary/aromatic N) is 1. The van der Waals surface area contributed by atoms with E-state index < -0.39 is 9.84 Å². The summed E-state index contributed by atoms with van der Waals surface area (Å²) in [4.78, 5) is 2.04. The molecule has 1 saturated heterocycles. The second-order valence-electron chi connectivity index (χ2n) is 4.61. The lowest BCUT2D eigenvalue weighted by atomic mass is 10.1. The van der Waals surface area contributed by atoms with Crippen molar-refractivity contribution in [3.63, 3.8) is 0 Å². The van der Waals surface area contributed by atoms with Gasteiger partial charge in [0.2, 0.25) is 0 Å². The van der Waals surface area contributed by atoms with Gasteiger partial charge in [-0.05, 0) is 18.6 Å². The van der Waals surface area contributed by atoms with Crippen LogP contribution in [0.5, 0.6) is 0 Å². The summed E-state index contributed by atoms with van der Waals surface area (Å²) in [7, 11) is -0.926. The zero-order chi connectivity index (χ0) is 13.3. The van der Waals surface area contributed by atoms with Crippen molar-refractivity contribution < 1.29 is 8.42 Å². The molecule has 1 aliphatic heterocycles. The Hall–Kier alpha value is -0.590. The van der Waals surface area contributed by atoms with Gasteiger partial charge in [0, 0.05) is 35.4 Å². The first-order chi connectivity index (χ1) is 8.44. The van der Waals surface area contributed by atoms with Gasteiger partial charge in [0.05, 0.1) is 11.5 Å². The number of hydrogen-bond acceptors (Lipinski definition) is 4. The molecule has 18 heavy (non-hydrogen) atoms. The van der Waals surface area contributed by atoms with E-state index in [1.807, 2.05) is 30.1 Å². The first kappa shape index (κ1) is 13.8. The van der Waals surface area contributed by atoms with E-state index >= 15 is 0 Å². The lowest BCUT2D eigenvalue weighted by Gasteiger charge is -2.28. The summed E-state index contributed by atoms with van der Waals surface area (Å²) in [5.41, 5.74) is 7.79. The molecule has 1 fully saturated rings. The highest BCUT2D eigenvalue weighted by molar-refractivity contribution is 9.10. The molecule has 4 nitrogen and oxygen atoms in total. The van der Waals surface area contributed by atoms with Crippen LogP contribution in [-0.2, 0) is 16.4 Å². The molecule has 2 N–H and O–H groups in total.